The van der Waals surface area contributed by atoms with Gasteiger partial charge in [0.25, 0.3) is 0 Å². The third-order valence-corrected chi connectivity index (χ3v) is 4.17. The van der Waals surface area contributed by atoms with E-state index in [1.165, 1.54) is 12.1 Å². The zero-order valence-corrected chi connectivity index (χ0v) is 14.0. The number of hydrogen-bond donors (Lipinski definition) is 2. The normalized spacial score (nSPS) is 12.4. The Bertz CT molecular complexity index is 562. The van der Waals surface area contributed by atoms with Gasteiger partial charge in [-0.15, -0.1) is 0 Å². The van der Waals surface area contributed by atoms with Crippen LogP contribution in [0.5, 0.6) is 5.75 Å². The van der Waals surface area contributed by atoms with Crippen LogP contribution >= 0.6 is 0 Å². The number of aliphatic hydroxyl groups excluding tert-OH is 1. The lowest BCUT2D eigenvalue weighted by molar-refractivity contribution is 0.262. The molecule has 0 aliphatic carbocycles. The first kappa shape index (κ1) is 17.9. The van der Waals surface area contributed by atoms with Gasteiger partial charge in [-0.3, -0.25) is 0 Å². The molecule has 0 aliphatic heterocycles. The zero-order chi connectivity index (χ0) is 16.1. The maximum Gasteiger partial charge on any atom is 0.240 e. The summed E-state index contributed by atoms with van der Waals surface area (Å²) in [5.74, 6) is 0.522. The summed E-state index contributed by atoms with van der Waals surface area (Å²) in [6, 6.07) is 4.54. The van der Waals surface area contributed by atoms with Crippen LogP contribution in [-0.2, 0) is 16.6 Å². The van der Waals surface area contributed by atoms with Gasteiger partial charge in [-0.2, -0.15) is 0 Å². The van der Waals surface area contributed by atoms with E-state index in [1.807, 2.05) is 27.7 Å². The molecule has 0 spiro atoms. The molecule has 0 heterocycles. The predicted molar refractivity (Wildman–Crippen MR) is 82.8 cm³/mol. The average molecular weight is 315 g/mol. The molecular formula is C15H25NO4S. The van der Waals surface area contributed by atoms with E-state index in [4.69, 9.17) is 4.74 Å². The molecule has 1 aromatic carbocycles. The number of benzene rings is 1. The summed E-state index contributed by atoms with van der Waals surface area (Å²) in [4.78, 5) is 0.139. The van der Waals surface area contributed by atoms with Gasteiger partial charge in [0.05, 0.1) is 18.1 Å². The van der Waals surface area contributed by atoms with E-state index >= 15 is 0 Å². The van der Waals surface area contributed by atoms with Crippen molar-refractivity contribution in [3.8, 4) is 5.75 Å². The van der Waals surface area contributed by atoms with E-state index in [1.54, 1.807) is 6.07 Å². The monoisotopic (exact) mass is 315 g/mol. The van der Waals surface area contributed by atoms with E-state index in [-0.39, 0.29) is 16.9 Å². The van der Waals surface area contributed by atoms with Crippen molar-refractivity contribution in [2.45, 2.75) is 45.6 Å². The number of rotatable bonds is 7. The van der Waals surface area contributed by atoms with Crippen LogP contribution < -0.4 is 9.46 Å². The van der Waals surface area contributed by atoms with Gasteiger partial charge in [0, 0.05) is 12.1 Å². The Hall–Kier alpha value is -1.11. The topological polar surface area (TPSA) is 75.6 Å². The molecule has 0 bridgehead atoms. The second-order valence-electron chi connectivity index (χ2n) is 6.16. The van der Waals surface area contributed by atoms with Gasteiger partial charge in [0.1, 0.15) is 5.75 Å². The molecule has 0 saturated heterocycles. The second kappa shape index (κ2) is 7.24. The van der Waals surface area contributed by atoms with Crippen LogP contribution in [0.3, 0.4) is 0 Å². The van der Waals surface area contributed by atoms with E-state index < -0.39 is 10.0 Å². The van der Waals surface area contributed by atoms with Crippen LogP contribution in [0.4, 0.5) is 0 Å². The smallest absolute Gasteiger partial charge is 0.240 e. The Balaban J connectivity index is 2.97. The minimum atomic E-state index is -3.58. The molecule has 5 nitrogen and oxygen atoms in total. The first-order valence-electron chi connectivity index (χ1n) is 7.06. The van der Waals surface area contributed by atoms with Crippen LogP contribution in [0.15, 0.2) is 23.1 Å². The van der Waals surface area contributed by atoms with Gasteiger partial charge >= 0.3 is 0 Å². The average Bonchev–Trinajstić information content (AvgIpc) is 2.42. The lowest BCUT2D eigenvalue weighted by Gasteiger charge is -2.19. The number of sulfonamides is 1. The fraction of sp³-hybridized carbons (Fsp3) is 0.600. The van der Waals surface area contributed by atoms with Gasteiger partial charge in [-0.05, 0) is 30.0 Å². The summed E-state index contributed by atoms with van der Waals surface area (Å²) in [6.07, 6.45) is 0.845. The molecule has 21 heavy (non-hydrogen) atoms. The zero-order valence-electron chi connectivity index (χ0n) is 13.1. The molecule has 6 heteroatoms. The molecule has 0 aliphatic rings. The fourth-order valence-corrected chi connectivity index (χ4v) is 2.93. The molecule has 0 saturated carbocycles. The molecule has 0 atom stereocenters. The molecule has 2 N–H and O–H groups in total. The summed E-state index contributed by atoms with van der Waals surface area (Å²) >= 11 is 0. The van der Waals surface area contributed by atoms with Gasteiger partial charge in [0.15, 0.2) is 0 Å². The predicted octanol–water partition coefficient (Wildman–Crippen LogP) is 2.29. The summed E-state index contributed by atoms with van der Waals surface area (Å²) in [5, 5.41) is 9.37. The largest absolute Gasteiger partial charge is 0.493 e. The summed E-state index contributed by atoms with van der Waals surface area (Å²) < 4.78 is 32.5. The molecular weight excluding hydrogens is 290 g/mol. The minimum absolute atomic E-state index is 0.139. The maximum absolute atomic E-state index is 12.2. The number of nitrogens with one attached hydrogen (secondary N) is 1. The Labute approximate surface area is 127 Å². The van der Waals surface area contributed by atoms with Crippen LogP contribution in [0.2, 0.25) is 0 Å². The Morgan fingerprint density at radius 3 is 2.48 bits per heavy atom. The van der Waals surface area contributed by atoms with Gasteiger partial charge < -0.3 is 9.84 Å². The third kappa shape index (κ3) is 5.65. The van der Waals surface area contributed by atoms with Crippen molar-refractivity contribution < 1.29 is 18.3 Å². The van der Waals surface area contributed by atoms with Gasteiger partial charge in [-0.1, -0.05) is 27.7 Å². The highest BCUT2D eigenvalue weighted by Crippen LogP contribution is 2.23. The first-order valence-corrected chi connectivity index (χ1v) is 8.54. The lowest BCUT2D eigenvalue weighted by Crippen LogP contribution is -2.32. The maximum atomic E-state index is 12.2. The van der Waals surface area contributed by atoms with Crippen molar-refractivity contribution in [3.63, 3.8) is 0 Å². The molecule has 120 valence electrons. The Morgan fingerprint density at radius 2 is 1.95 bits per heavy atom. The van der Waals surface area contributed by atoms with Crippen molar-refractivity contribution in [2.24, 2.45) is 5.41 Å². The van der Waals surface area contributed by atoms with Crippen LogP contribution in [0.1, 0.15) is 39.7 Å². The number of hydrogen-bond acceptors (Lipinski definition) is 4. The second-order valence-corrected chi connectivity index (χ2v) is 7.93. The van der Waals surface area contributed by atoms with E-state index in [9.17, 15) is 13.5 Å². The molecule has 0 amide bonds. The SMILES string of the molecule is CCCOc1ccc(S(=O)(=O)NCC(C)(C)C)cc1CO. The van der Waals surface area contributed by atoms with Crippen molar-refractivity contribution in [2.75, 3.05) is 13.2 Å². The molecule has 1 aromatic rings. The van der Waals surface area contributed by atoms with Crippen LogP contribution in [0, 0.1) is 5.41 Å². The Kier molecular flexibility index (Phi) is 6.19. The third-order valence-electron chi connectivity index (χ3n) is 2.77. The summed E-state index contributed by atoms with van der Waals surface area (Å²) in [7, 11) is -3.58. The highest BCUT2D eigenvalue weighted by Gasteiger charge is 2.19. The standard InChI is InChI=1S/C15H25NO4S/c1-5-8-20-14-7-6-13(9-12(14)10-17)21(18,19)16-11-15(2,3)4/h6-7,9,16-17H,5,8,10-11H2,1-4H3. The number of ether oxygens (including phenoxy) is 1. The van der Waals surface area contributed by atoms with Crippen molar-refractivity contribution in [3.05, 3.63) is 23.8 Å². The number of aliphatic hydroxyl groups is 1. The van der Waals surface area contributed by atoms with Crippen LogP contribution in [0.25, 0.3) is 0 Å². The summed E-state index contributed by atoms with van der Waals surface area (Å²) in [5.41, 5.74) is 0.332. The molecule has 1 rings (SSSR count). The molecule has 0 unspecified atom stereocenters. The fourth-order valence-electron chi connectivity index (χ4n) is 1.59. The lowest BCUT2D eigenvalue weighted by atomic mass is 9.98. The van der Waals surface area contributed by atoms with E-state index in [0.717, 1.165) is 6.42 Å². The van der Waals surface area contributed by atoms with Crippen molar-refractivity contribution >= 4 is 10.0 Å². The van der Waals surface area contributed by atoms with Crippen LogP contribution in [-0.4, -0.2) is 26.7 Å². The Morgan fingerprint density at radius 1 is 1.29 bits per heavy atom. The van der Waals surface area contributed by atoms with Gasteiger partial charge in [0.2, 0.25) is 10.0 Å². The first-order chi connectivity index (χ1) is 9.69. The highest BCUT2D eigenvalue weighted by molar-refractivity contribution is 7.89. The molecule has 0 radical (unpaired) electrons. The van der Waals surface area contributed by atoms with E-state index in [0.29, 0.717) is 24.5 Å². The molecule has 0 fully saturated rings. The van der Waals surface area contributed by atoms with Crippen molar-refractivity contribution in [1.82, 2.24) is 4.72 Å². The summed E-state index contributed by atoms with van der Waals surface area (Å²) in [6.45, 7) is 8.46. The minimum Gasteiger partial charge on any atom is -0.493 e. The molecule has 0 aromatic heterocycles. The van der Waals surface area contributed by atoms with Gasteiger partial charge in [-0.25, -0.2) is 13.1 Å². The van der Waals surface area contributed by atoms with Crippen molar-refractivity contribution in [1.29, 1.82) is 0 Å². The quantitative estimate of drug-likeness (QED) is 0.809. The highest BCUT2D eigenvalue weighted by atomic mass is 32.2. The van der Waals surface area contributed by atoms with E-state index in [2.05, 4.69) is 4.72 Å².